The minimum Gasteiger partial charge on any atom is -0.462 e. The lowest BCUT2D eigenvalue weighted by atomic mass is 10.0. The Labute approximate surface area is 417 Å². The number of ether oxygens (including phenoxy) is 1. The van der Waals surface area contributed by atoms with Gasteiger partial charge in [0.05, 0.1) is 25.2 Å². The van der Waals surface area contributed by atoms with Crippen molar-refractivity contribution in [2.75, 3.05) is 6.61 Å². The van der Waals surface area contributed by atoms with Crippen molar-refractivity contribution in [1.82, 2.24) is 5.32 Å². The van der Waals surface area contributed by atoms with E-state index in [1.807, 2.05) is 0 Å². The van der Waals surface area contributed by atoms with Gasteiger partial charge in [0.25, 0.3) is 0 Å². The predicted octanol–water partition coefficient (Wildman–Crippen LogP) is 18.4. The fraction of sp³-hybridized carbons (Fsp3) is 0.869. The number of aliphatic hydroxyl groups is 2. The standard InChI is InChI=1S/C61H115NO5/c1-4-7-10-13-16-19-22-25-28-30-32-34-37-40-43-46-49-52-57(67-61(66)54-51-48-45-42-39-36-33-29-26-23-20-17-14-11-8-5-2)55-60(65)62-58(56-63)59(64)53-50-47-44-41-38-35-31-27-24-21-18-15-12-9-6-3/h16,19,25,28-29,33,57-59,63-64H,4-15,17-18,20-24,26-27,30-32,34-56H2,1-3H3,(H,62,65)/b19-16-,28-25-,33-29+. The Morgan fingerprint density at radius 2 is 0.761 bits per heavy atom. The van der Waals surface area contributed by atoms with Gasteiger partial charge in [0, 0.05) is 6.42 Å². The maximum Gasteiger partial charge on any atom is 0.306 e. The van der Waals surface area contributed by atoms with Crippen molar-refractivity contribution in [2.45, 2.75) is 334 Å². The van der Waals surface area contributed by atoms with Gasteiger partial charge < -0.3 is 20.3 Å². The zero-order valence-corrected chi connectivity index (χ0v) is 45.0. The van der Waals surface area contributed by atoms with Gasteiger partial charge in [-0.05, 0) is 83.5 Å². The van der Waals surface area contributed by atoms with Crippen LogP contribution in [0.2, 0.25) is 0 Å². The van der Waals surface area contributed by atoms with Crippen molar-refractivity contribution in [1.29, 1.82) is 0 Å². The highest BCUT2D eigenvalue weighted by atomic mass is 16.5. The third kappa shape index (κ3) is 50.3. The first-order valence-corrected chi connectivity index (χ1v) is 29.7. The fourth-order valence-electron chi connectivity index (χ4n) is 9.16. The first kappa shape index (κ1) is 65.1. The number of amides is 1. The summed E-state index contributed by atoms with van der Waals surface area (Å²) < 4.78 is 5.97. The van der Waals surface area contributed by atoms with Crippen LogP contribution in [0.5, 0.6) is 0 Å². The number of nitrogens with one attached hydrogen (secondary N) is 1. The molecule has 3 N–H and O–H groups in total. The summed E-state index contributed by atoms with van der Waals surface area (Å²) in [7, 11) is 0. The Morgan fingerprint density at radius 1 is 0.433 bits per heavy atom. The summed E-state index contributed by atoms with van der Waals surface area (Å²) in [5, 5.41) is 23.9. The summed E-state index contributed by atoms with van der Waals surface area (Å²) in [6.45, 7) is 6.49. The summed E-state index contributed by atoms with van der Waals surface area (Å²) >= 11 is 0. The molecule has 0 aliphatic heterocycles. The van der Waals surface area contributed by atoms with Crippen LogP contribution in [0.4, 0.5) is 0 Å². The molecule has 67 heavy (non-hydrogen) atoms. The van der Waals surface area contributed by atoms with Crippen molar-refractivity contribution in [3.63, 3.8) is 0 Å². The second-order valence-corrected chi connectivity index (χ2v) is 20.4. The molecule has 6 heteroatoms. The normalized spacial score (nSPS) is 13.3. The molecule has 0 radical (unpaired) electrons. The molecule has 0 fully saturated rings. The zero-order chi connectivity index (χ0) is 48.8. The Hall–Kier alpha value is -1.92. The molecule has 0 heterocycles. The zero-order valence-electron chi connectivity index (χ0n) is 45.0. The van der Waals surface area contributed by atoms with E-state index in [1.54, 1.807) is 0 Å². The van der Waals surface area contributed by atoms with Crippen LogP contribution in [0.1, 0.15) is 316 Å². The molecule has 6 nitrogen and oxygen atoms in total. The summed E-state index contributed by atoms with van der Waals surface area (Å²) in [5.41, 5.74) is 0. The van der Waals surface area contributed by atoms with Gasteiger partial charge in [-0.1, -0.05) is 256 Å². The Bertz CT molecular complexity index is 1100. The Balaban J connectivity index is 4.56. The first-order valence-electron chi connectivity index (χ1n) is 29.7. The van der Waals surface area contributed by atoms with E-state index in [4.69, 9.17) is 4.74 Å². The maximum atomic E-state index is 13.3. The van der Waals surface area contributed by atoms with E-state index in [0.29, 0.717) is 19.3 Å². The highest BCUT2D eigenvalue weighted by Gasteiger charge is 2.24. The Kier molecular flexibility index (Phi) is 53.4. The van der Waals surface area contributed by atoms with Crippen LogP contribution < -0.4 is 5.32 Å². The van der Waals surface area contributed by atoms with E-state index in [2.05, 4.69) is 62.5 Å². The quantitative estimate of drug-likeness (QED) is 0.0321. The van der Waals surface area contributed by atoms with Gasteiger partial charge in [0.1, 0.15) is 6.10 Å². The molecule has 0 aliphatic rings. The van der Waals surface area contributed by atoms with Crippen LogP contribution in [0.25, 0.3) is 0 Å². The monoisotopic (exact) mass is 942 g/mol. The van der Waals surface area contributed by atoms with Crippen LogP contribution in [-0.4, -0.2) is 46.9 Å². The molecule has 0 rings (SSSR count). The second kappa shape index (κ2) is 55.0. The summed E-state index contributed by atoms with van der Waals surface area (Å²) in [5.74, 6) is -0.476. The van der Waals surface area contributed by atoms with Crippen molar-refractivity contribution < 1.29 is 24.5 Å². The lowest BCUT2D eigenvalue weighted by Gasteiger charge is -2.24. The number of hydrogen-bond acceptors (Lipinski definition) is 5. The molecule has 0 aliphatic carbocycles. The average molecular weight is 943 g/mol. The molecular weight excluding hydrogens is 827 g/mol. The molecule has 0 aromatic heterocycles. The fourth-order valence-corrected chi connectivity index (χ4v) is 9.16. The van der Waals surface area contributed by atoms with Gasteiger partial charge >= 0.3 is 5.97 Å². The molecule has 3 atom stereocenters. The minimum atomic E-state index is -0.791. The lowest BCUT2D eigenvalue weighted by Crippen LogP contribution is -2.46. The van der Waals surface area contributed by atoms with E-state index >= 15 is 0 Å². The summed E-state index contributed by atoms with van der Waals surface area (Å²) in [4.78, 5) is 26.3. The van der Waals surface area contributed by atoms with Crippen molar-refractivity contribution >= 4 is 11.9 Å². The van der Waals surface area contributed by atoms with E-state index in [9.17, 15) is 19.8 Å². The van der Waals surface area contributed by atoms with E-state index < -0.39 is 18.2 Å². The van der Waals surface area contributed by atoms with Gasteiger partial charge in [0.15, 0.2) is 0 Å². The van der Waals surface area contributed by atoms with Gasteiger partial charge in [-0.3, -0.25) is 9.59 Å². The number of allylic oxidation sites excluding steroid dienone is 6. The van der Waals surface area contributed by atoms with Crippen LogP contribution >= 0.6 is 0 Å². The summed E-state index contributed by atoms with van der Waals surface area (Å²) in [6.07, 6.45) is 66.3. The molecule has 0 aromatic rings. The molecule has 0 bridgehead atoms. The average Bonchev–Trinajstić information content (AvgIpc) is 3.32. The second-order valence-electron chi connectivity index (χ2n) is 20.4. The largest absolute Gasteiger partial charge is 0.462 e. The third-order valence-electron chi connectivity index (χ3n) is 13.7. The van der Waals surface area contributed by atoms with Crippen LogP contribution in [0.3, 0.4) is 0 Å². The number of esters is 1. The van der Waals surface area contributed by atoms with Gasteiger partial charge in [-0.15, -0.1) is 0 Å². The predicted molar refractivity (Wildman–Crippen MR) is 292 cm³/mol. The van der Waals surface area contributed by atoms with Crippen LogP contribution in [0.15, 0.2) is 36.5 Å². The van der Waals surface area contributed by atoms with Gasteiger partial charge in [-0.25, -0.2) is 0 Å². The highest BCUT2D eigenvalue weighted by Crippen LogP contribution is 2.19. The number of carbonyl (C=O) groups is 2. The number of hydrogen-bond donors (Lipinski definition) is 3. The van der Waals surface area contributed by atoms with Gasteiger partial charge in [-0.2, -0.15) is 0 Å². The molecule has 394 valence electrons. The minimum absolute atomic E-state index is 0.0720. The number of carbonyl (C=O) groups excluding carboxylic acids is 2. The van der Waals surface area contributed by atoms with Gasteiger partial charge in [0.2, 0.25) is 5.91 Å². The van der Waals surface area contributed by atoms with Crippen molar-refractivity contribution in [3.05, 3.63) is 36.5 Å². The SMILES string of the molecule is CCCCC/C=C\C/C=C\CCCCCCCCCC(CC(=O)NC(CO)C(O)CCCCCCCCCCCCCCCCC)OC(=O)CCCCCCC/C=C/CCCCCCCCC. The molecule has 0 aromatic carbocycles. The summed E-state index contributed by atoms with van der Waals surface area (Å²) in [6, 6.07) is -0.705. The molecular formula is C61H115NO5. The lowest BCUT2D eigenvalue weighted by molar-refractivity contribution is -0.151. The van der Waals surface area contributed by atoms with Crippen LogP contribution in [-0.2, 0) is 14.3 Å². The maximum absolute atomic E-state index is 13.3. The topological polar surface area (TPSA) is 95.9 Å². The Morgan fingerprint density at radius 3 is 1.18 bits per heavy atom. The number of aliphatic hydroxyl groups excluding tert-OH is 2. The molecule has 0 spiro atoms. The molecule has 3 unspecified atom stereocenters. The first-order chi connectivity index (χ1) is 33.0. The van der Waals surface area contributed by atoms with E-state index in [-0.39, 0.29) is 24.9 Å². The smallest absolute Gasteiger partial charge is 0.306 e. The van der Waals surface area contributed by atoms with E-state index in [1.165, 1.54) is 199 Å². The van der Waals surface area contributed by atoms with E-state index in [0.717, 1.165) is 70.6 Å². The number of rotatable bonds is 54. The molecule has 0 saturated heterocycles. The third-order valence-corrected chi connectivity index (χ3v) is 13.7. The highest BCUT2D eigenvalue weighted by molar-refractivity contribution is 5.77. The van der Waals surface area contributed by atoms with Crippen molar-refractivity contribution in [2.24, 2.45) is 0 Å². The van der Waals surface area contributed by atoms with Crippen molar-refractivity contribution in [3.8, 4) is 0 Å². The van der Waals surface area contributed by atoms with Crippen LogP contribution in [0, 0.1) is 0 Å². The molecule has 0 saturated carbocycles. The number of unbranched alkanes of at least 4 members (excludes halogenated alkanes) is 36. The molecule has 1 amide bonds.